The van der Waals surface area contributed by atoms with Crippen LogP contribution in [0.1, 0.15) is 13.8 Å². The molecule has 0 radical (unpaired) electrons. The molecular formula is C12H20N6O. The van der Waals surface area contributed by atoms with Crippen LogP contribution >= 0.6 is 0 Å². The number of anilines is 1. The van der Waals surface area contributed by atoms with Crippen molar-refractivity contribution in [1.82, 2.24) is 24.4 Å². The summed E-state index contributed by atoms with van der Waals surface area (Å²) in [4.78, 5) is 14.7. The molecule has 0 spiro atoms. The van der Waals surface area contributed by atoms with Gasteiger partial charge in [-0.1, -0.05) is 0 Å². The van der Waals surface area contributed by atoms with Crippen molar-refractivity contribution in [1.29, 1.82) is 0 Å². The van der Waals surface area contributed by atoms with Gasteiger partial charge in [0.15, 0.2) is 11.2 Å². The maximum Gasteiger partial charge on any atom is 0.245 e. The van der Waals surface area contributed by atoms with Crippen molar-refractivity contribution in [3.05, 3.63) is 6.33 Å². The summed E-state index contributed by atoms with van der Waals surface area (Å²) < 4.78 is 7.07. The van der Waals surface area contributed by atoms with Crippen LogP contribution in [0.2, 0.25) is 0 Å². The second-order valence-electron chi connectivity index (χ2n) is 5.32. The minimum absolute atomic E-state index is 0.0695. The van der Waals surface area contributed by atoms with E-state index in [1.54, 1.807) is 7.11 Å². The monoisotopic (exact) mass is 264 g/mol. The van der Waals surface area contributed by atoms with Gasteiger partial charge in [0.25, 0.3) is 0 Å². The molecule has 2 heterocycles. The van der Waals surface area contributed by atoms with E-state index in [1.807, 2.05) is 18.7 Å². The number of ether oxygens (including phenoxy) is 1. The molecule has 0 aromatic carbocycles. The standard InChI is InChI=1S/C12H20N6O/c1-12(2,17(3)4)6-18-9-8(16-11(18)13)10(19-5)15-7-14-9/h7H,6H2,1-5H3,(H2,13,16). The molecule has 2 aromatic rings. The zero-order chi connectivity index (χ0) is 14.2. The van der Waals surface area contributed by atoms with Crippen LogP contribution in [0.4, 0.5) is 5.95 Å². The van der Waals surface area contributed by atoms with Gasteiger partial charge in [0.1, 0.15) is 6.33 Å². The summed E-state index contributed by atoms with van der Waals surface area (Å²) in [6.07, 6.45) is 1.46. The van der Waals surface area contributed by atoms with E-state index in [0.717, 1.165) is 0 Å². The SMILES string of the molecule is COc1ncnc2c1nc(N)n2CC(C)(C)N(C)C. The third-order valence-electron chi connectivity index (χ3n) is 3.48. The predicted molar refractivity (Wildman–Crippen MR) is 74.1 cm³/mol. The van der Waals surface area contributed by atoms with Gasteiger partial charge >= 0.3 is 0 Å². The fourth-order valence-electron chi connectivity index (χ4n) is 1.77. The molecule has 0 aliphatic rings. The van der Waals surface area contributed by atoms with Gasteiger partial charge in [-0.25, -0.2) is 9.97 Å². The molecule has 0 aliphatic heterocycles. The second-order valence-corrected chi connectivity index (χ2v) is 5.32. The smallest absolute Gasteiger partial charge is 0.245 e. The molecule has 2 N–H and O–H groups in total. The summed E-state index contributed by atoms with van der Waals surface area (Å²) >= 11 is 0. The van der Waals surface area contributed by atoms with E-state index < -0.39 is 0 Å². The third kappa shape index (κ3) is 2.33. The molecule has 0 amide bonds. The Labute approximate surface area is 112 Å². The number of rotatable bonds is 4. The van der Waals surface area contributed by atoms with Crippen LogP contribution in [0, 0.1) is 0 Å². The van der Waals surface area contributed by atoms with Crippen molar-refractivity contribution in [2.24, 2.45) is 0 Å². The lowest BCUT2D eigenvalue weighted by Gasteiger charge is -2.33. The van der Waals surface area contributed by atoms with E-state index >= 15 is 0 Å². The molecule has 0 atom stereocenters. The van der Waals surface area contributed by atoms with Crippen molar-refractivity contribution in [3.8, 4) is 5.88 Å². The molecular weight excluding hydrogens is 244 g/mol. The van der Waals surface area contributed by atoms with Gasteiger partial charge in [-0.2, -0.15) is 4.98 Å². The molecule has 7 nitrogen and oxygen atoms in total. The van der Waals surface area contributed by atoms with Crippen LogP contribution in [0.15, 0.2) is 6.33 Å². The van der Waals surface area contributed by atoms with Gasteiger partial charge in [-0.05, 0) is 27.9 Å². The fourth-order valence-corrected chi connectivity index (χ4v) is 1.77. The van der Waals surface area contributed by atoms with Gasteiger partial charge in [0.2, 0.25) is 11.8 Å². The van der Waals surface area contributed by atoms with E-state index in [9.17, 15) is 0 Å². The van der Waals surface area contributed by atoms with Crippen molar-refractivity contribution < 1.29 is 4.74 Å². The number of nitrogen functional groups attached to an aromatic ring is 1. The maximum atomic E-state index is 5.99. The molecule has 2 aromatic heterocycles. The highest BCUT2D eigenvalue weighted by molar-refractivity contribution is 5.78. The Morgan fingerprint density at radius 2 is 2.05 bits per heavy atom. The van der Waals surface area contributed by atoms with Gasteiger partial charge in [0, 0.05) is 12.1 Å². The first-order valence-corrected chi connectivity index (χ1v) is 6.05. The van der Waals surface area contributed by atoms with Crippen LogP contribution < -0.4 is 10.5 Å². The zero-order valence-electron chi connectivity index (χ0n) is 12.0. The summed E-state index contributed by atoms with van der Waals surface area (Å²) in [5, 5.41) is 0. The summed E-state index contributed by atoms with van der Waals surface area (Å²) in [5.41, 5.74) is 7.21. The Hall–Kier alpha value is -1.89. The lowest BCUT2D eigenvalue weighted by atomic mass is 10.0. The molecule has 0 unspecified atom stereocenters. The van der Waals surface area contributed by atoms with E-state index in [2.05, 4.69) is 33.7 Å². The van der Waals surface area contributed by atoms with Gasteiger partial charge < -0.3 is 15.4 Å². The van der Waals surface area contributed by atoms with Crippen LogP contribution in [0.5, 0.6) is 5.88 Å². The molecule has 19 heavy (non-hydrogen) atoms. The molecule has 0 saturated heterocycles. The largest absolute Gasteiger partial charge is 0.479 e. The number of nitrogens with zero attached hydrogens (tertiary/aromatic N) is 5. The molecule has 2 rings (SSSR count). The second kappa shape index (κ2) is 4.65. The quantitative estimate of drug-likeness (QED) is 0.877. The number of methoxy groups -OCH3 is 1. The topological polar surface area (TPSA) is 82.1 Å². The van der Waals surface area contributed by atoms with Crippen molar-refractivity contribution in [3.63, 3.8) is 0 Å². The van der Waals surface area contributed by atoms with E-state index in [4.69, 9.17) is 10.5 Å². The number of hydrogen-bond acceptors (Lipinski definition) is 6. The summed E-state index contributed by atoms with van der Waals surface area (Å²) in [6.45, 7) is 4.95. The molecule has 104 valence electrons. The molecule has 0 aliphatic carbocycles. The van der Waals surface area contributed by atoms with Crippen molar-refractivity contribution in [2.45, 2.75) is 25.9 Å². The van der Waals surface area contributed by atoms with E-state index in [0.29, 0.717) is 29.5 Å². The van der Waals surface area contributed by atoms with Crippen molar-refractivity contribution >= 4 is 17.1 Å². The normalized spacial score (nSPS) is 12.3. The Balaban J connectivity index is 2.53. The van der Waals surface area contributed by atoms with E-state index in [1.165, 1.54) is 6.33 Å². The first-order chi connectivity index (χ1) is 8.86. The highest BCUT2D eigenvalue weighted by Gasteiger charge is 2.24. The van der Waals surface area contributed by atoms with Gasteiger partial charge in [-0.3, -0.25) is 4.57 Å². The number of imidazole rings is 1. The molecule has 0 bridgehead atoms. The summed E-state index contributed by atoms with van der Waals surface area (Å²) in [7, 11) is 5.62. The Bertz CT molecular complexity index is 589. The lowest BCUT2D eigenvalue weighted by molar-refractivity contribution is 0.172. The number of aromatic nitrogens is 4. The summed E-state index contributed by atoms with van der Waals surface area (Å²) in [5.74, 6) is 0.863. The Kier molecular flexibility index (Phi) is 3.32. The minimum atomic E-state index is -0.0695. The number of likely N-dealkylation sites (N-methyl/N-ethyl adjacent to an activating group) is 1. The zero-order valence-corrected chi connectivity index (χ0v) is 12.0. The minimum Gasteiger partial charge on any atom is -0.479 e. The average molecular weight is 264 g/mol. The van der Waals surface area contributed by atoms with Crippen LogP contribution in [0.3, 0.4) is 0 Å². The number of hydrogen-bond donors (Lipinski definition) is 1. The number of fused-ring (bicyclic) bond motifs is 1. The predicted octanol–water partition coefficient (Wildman–Crippen LogP) is 0.757. The Morgan fingerprint density at radius 3 is 2.63 bits per heavy atom. The maximum absolute atomic E-state index is 5.99. The lowest BCUT2D eigenvalue weighted by Crippen LogP contribution is -2.42. The molecule has 0 fully saturated rings. The third-order valence-corrected chi connectivity index (χ3v) is 3.48. The van der Waals surface area contributed by atoms with E-state index in [-0.39, 0.29) is 5.54 Å². The van der Waals surface area contributed by atoms with Crippen LogP contribution in [0.25, 0.3) is 11.2 Å². The van der Waals surface area contributed by atoms with Crippen LogP contribution in [-0.2, 0) is 6.54 Å². The summed E-state index contributed by atoms with van der Waals surface area (Å²) in [6, 6.07) is 0. The molecule has 7 heteroatoms. The van der Waals surface area contributed by atoms with Gasteiger partial charge in [-0.15, -0.1) is 0 Å². The average Bonchev–Trinajstić information content (AvgIpc) is 2.65. The first kappa shape index (κ1) is 13.5. The van der Waals surface area contributed by atoms with Crippen molar-refractivity contribution in [2.75, 3.05) is 26.9 Å². The Morgan fingerprint density at radius 1 is 1.37 bits per heavy atom. The first-order valence-electron chi connectivity index (χ1n) is 6.05. The number of nitrogens with two attached hydrogens (primary N) is 1. The molecule has 0 saturated carbocycles. The fraction of sp³-hybridized carbons (Fsp3) is 0.583. The highest BCUT2D eigenvalue weighted by atomic mass is 16.5. The van der Waals surface area contributed by atoms with Gasteiger partial charge in [0.05, 0.1) is 7.11 Å². The highest BCUT2D eigenvalue weighted by Crippen LogP contribution is 2.25. The van der Waals surface area contributed by atoms with Crippen LogP contribution in [-0.4, -0.2) is 51.2 Å².